The number of hydrogen-bond acceptors (Lipinski definition) is 5. The standard InChI is InChI=1S/C14H19N3O3/c1-14(2)9-17(7-6-16-14)12(18)11-5-4-10(8-15-11)13(19)20-3/h4-5,8,16H,6-7,9H2,1-3H3. The minimum atomic E-state index is -0.459. The van der Waals surface area contributed by atoms with Crippen LogP contribution in [0.2, 0.25) is 0 Å². The summed E-state index contributed by atoms with van der Waals surface area (Å²) in [4.78, 5) is 29.5. The van der Waals surface area contributed by atoms with E-state index in [4.69, 9.17) is 0 Å². The minimum absolute atomic E-state index is 0.0974. The molecule has 108 valence electrons. The number of carbonyl (C=O) groups is 2. The van der Waals surface area contributed by atoms with E-state index in [1.54, 1.807) is 17.0 Å². The largest absolute Gasteiger partial charge is 0.465 e. The highest BCUT2D eigenvalue weighted by molar-refractivity contribution is 5.94. The highest BCUT2D eigenvalue weighted by Crippen LogP contribution is 2.13. The smallest absolute Gasteiger partial charge is 0.339 e. The molecule has 0 radical (unpaired) electrons. The van der Waals surface area contributed by atoms with Gasteiger partial charge >= 0.3 is 5.97 Å². The Morgan fingerprint density at radius 3 is 2.70 bits per heavy atom. The molecular formula is C14H19N3O3. The van der Waals surface area contributed by atoms with Gasteiger partial charge in [-0.15, -0.1) is 0 Å². The first-order valence-electron chi connectivity index (χ1n) is 6.51. The van der Waals surface area contributed by atoms with Crippen molar-refractivity contribution in [2.24, 2.45) is 0 Å². The second-order valence-electron chi connectivity index (χ2n) is 5.46. The number of nitrogens with one attached hydrogen (secondary N) is 1. The van der Waals surface area contributed by atoms with Crippen LogP contribution in [0.5, 0.6) is 0 Å². The fourth-order valence-corrected chi connectivity index (χ4v) is 2.24. The second-order valence-corrected chi connectivity index (χ2v) is 5.46. The average Bonchev–Trinajstić information content (AvgIpc) is 2.45. The highest BCUT2D eigenvalue weighted by Gasteiger charge is 2.29. The number of piperazine rings is 1. The molecule has 0 bridgehead atoms. The van der Waals surface area contributed by atoms with E-state index in [1.807, 2.05) is 0 Å². The first-order chi connectivity index (χ1) is 9.43. The molecule has 1 aliphatic rings. The summed E-state index contributed by atoms with van der Waals surface area (Å²) in [6.07, 6.45) is 1.37. The molecule has 0 atom stereocenters. The van der Waals surface area contributed by atoms with Crippen molar-refractivity contribution in [3.63, 3.8) is 0 Å². The third-order valence-corrected chi connectivity index (χ3v) is 3.26. The Balaban J connectivity index is 2.11. The minimum Gasteiger partial charge on any atom is -0.465 e. The van der Waals surface area contributed by atoms with Gasteiger partial charge in [0.15, 0.2) is 0 Å². The molecule has 1 saturated heterocycles. The lowest BCUT2D eigenvalue weighted by Crippen LogP contribution is -2.58. The second kappa shape index (κ2) is 5.58. The van der Waals surface area contributed by atoms with Crippen LogP contribution in [0.3, 0.4) is 0 Å². The molecule has 1 aliphatic heterocycles. The number of carbonyl (C=O) groups excluding carboxylic acids is 2. The quantitative estimate of drug-likeness (QED) is 0.805. The molecule has 1 amide bonds. The fourth-order valence-electron chi connectivity index (χ4n) is 2.24. The van der Waals surface area contributed by atoms with Crippen molar-refractivity contribution < 1.29 is 14.3 Å². The number of methoxy groups -OCH3 is 1. The molecule has 0 saturated carbocycles. The van der Waals surface area contributed by atoms with Crippen molar-refractivity contribution in [1.82, 2.24) is 15.2 Å². The maximum atomic E-state index is 12.4. The molecule has 0 unspecified atom stereocenters. The number of hydrogen-bond donors (Lipinski definition) is 1. The summed E-state index contributed by atoms with van der Waals surface area (Å²) in [6.45, 7) is 6.16. The molecule has 2 heterocycles. The van der Waals surface area contributed by atoms with Crippen molar-refractivity contribution in [2.45, 2.75) is 19.4 Å². The normalized spacial score (nSPS) is 17.6. The van der Waals surface area contributed by atoms with E-state index in [9.17, 15) is 9.59 Å². The first-order valence-corrected chi connectivity index (χ1v) is 6.51. The van der Waals surface area contributed by atoms with E-state index < -0.39 is 5.97 Å². The fraction of sp³-hybridized carbons (Fsp3) is 0.500. The van der Waals surface area contributed by atoms with Crippen LogP contribution in [-0.4, -0.2) is 54.0 Å². The van der Waals surface area contributed by atoms with Crippen LogP contribution >= 0.6 is 0 Å². The molecule has 1 N–H and O–H groups in total. The van der Waals surface area contributed by atoms with Gasteiger partial charge in [0.1, 0.15) is 5.69 Å². The van der Waals surface area contributed by atoms with Crippen molar-refractivity contribution in [1.29, 1.82) is 0 Å². The molecule has 1 fully saturated rings. The topological polar surface area (TPSA) is 71.5 Å². The molecule has 1 aromatic heterocycles. The summed E-state index contributed by atoms with van der Waals surface area (Å²) in [6, 6.07) is 3.11. The zero-order chi connectivity index (χ0) is 14.8. The van der Waals surface area contributed by atoms with E-state index in [0.29, 0.717) is 24.3 Å². The Labute approximate surface area is 118 Å². The summed E-state index contributed by atoms with van der Waals surface area (Å²) in [5, 5.41) is 3.35. The van der Waals surface area contributed by atoms with Crippen molar-refractivity contribution >= 4 is 11.9 Å². The van der Waals surface area contributed by atoms with Crippen molar-refractivity contribution in [3.8, 4) is 0 Å². The maximum Gasteiger partial charge on any atom is 0.339 e. The lowest BCUT2D eigenvalue weighted by Gasteiger charge is -2.38. The Kier molecular flexibility index (Phi) is 4.04. The number of pyridine rings is 1. The summed E-state index contributed by atoms with van der Waals surface area (Å²) >= 11 is 0. The van der Waals surface area contributed by atoms with E-state index in [2.05, 4.69) is 28.9 Å². The lowest BCUT2D eigenvalue weighted by atomic mass is 10.0. The molecule has 2 rings (SSSR count). The van der Waals surface area contributed by atoms with Crippen molar-refractivity contribution in [2.75, 3.05) is 26.7 Å². The summed E-state index contributed by atoms with van der Waals surface area (Å²) in [5.74, 6) is -0.573. The number of esters is 1. The monoisotopic (exact) mass is 277 g/mol. The molecular weight excluding hydrogens is 258 g/mol. The zero-order valence-corrected chi connectivity index (χ0v) is 12.0. The zero-order valence-electron chi connectivity index (χ0n) is 12.0. The molecule has 6 nitrogen and oxygen atoms in total. The SMILES string of the molecule is COC(=O)c1ccc(C(=O)N2CCNC(C)(C)C2)nc1. The van der Waals surface area contributed by atoms with Crippen LogP contribution in [0.1, 0.15) is 34.7 Å². The van der Waals surface area contributed by atoms with E-state index in [0.717, 1.165) is 6.54 Å². The van der Waals surface area contributed by atoms with E-state index in [-0.39, 0.29) is 11.4 Å². The summed E-state index contributed by atoms with van der Waals surface area (Å²) in [7, 11) is 1.31. The van der Waals surface area contributed by atoms with Gasteiger partial charge in [0.2, 0.25) is 0 Å². The number of aromatic nitrogens is 1. The Morgan fingerprint density at radius 2 is 2.15 bits per heavy atom. The van der Waals surface area contributed by atoms with Gasteiger partial charge in [0, 0.05) is 31.4 Å². The summed E-state index contributed by atoms with van der Waals surface area (Å²) < 4.78 is 4.60. The van der Waals surface area contributed by atoms with Crippen LogP contribution in [0.4, 0.5) is 0 Å². The van der Waals surface area contributed by atoms with Gasteiger partial charge in [-0.1, -0.05) is 0 Å². The van der Waals surface area contributed by atoms with Gasteiger partial charge < -0.3 is 15.0 Å². The molecule has 20 heavy (non-hydrogen) atoms. The first kappa shape index (κ1) is 14.5. The number of ether oxygens (including phenoxy) is 1. The highest BCUT2D eigenvalue weighted by atomic mass is 16.5. The summed E-state index contributed by atoms with van der Waals surface area (Å²) in [5.41, 5.74) is 0.583. The maximum absolute atomic E-state index is 12.4. The Hall–Kier alpha value is -1.95. The molecule has 6 heteroatoms. The van der Waals surface area contributed by atoms with Crippen LogP contribution in [0.25, 0.3) is 0 Å². The van der Waals surface area contributed by atoms with Crippen LogP contribution in [0, 0.1) is 0 Å². The Morgan fingerprint density at radius 1 is 1.40 bits per heavy atom. The molecule has 0 spiro atoms. The van der Waals surface area contributed by atoms with Crippen LogP contribution in [-0.2, 0) is 4.74 Å². The van der Waals surface area contributed by atoms with Gasteiger partial charge in [-0.25, -0.2) is 4.79 Å². The predicted octanol–water partition coefficient (Wildman–Crippen LogP) is 0.692. The van der Waals surface area contributed by atoms with Crippen molar-refractivity contribution in [3.05, 3.63) is 29.6 Å². The van der Waals surface area contributed by atoms with Crippen LogP contribution < -0.4 is 5.32 Å². The van der Waals surface area contributed by atoms with E-state index in [1.165, 1.54) is 13.3 Å². The third-order valence-electron chi connectivity index (χ3n) is 3.26. The number of nitrogens with zero attached hydrogens (tertiary/aromatic N) is 2. The predicted molar refractivity (Wildman–Crippen MR) is 73.6 cm³/mol. The molecule has 0 aromatic carbocycles. The third kappa shape index (κ3) is 3.14. The van der Waals surface area contributed by atoms with Gasteiger partial charge in [-0.05, 0) is 26.0 Å². The number of amides is 1. The molecule has 0 aliphatic carbocycles. The van der Waals surface area contributed by atoms with Gasteiger partial charge in [-0.2, -0.15) is 0 Å². The average molecular weight is 277 g/mol. The molecule has 1 aromatic rings. The van der Waals surface area contributed by atoms with Crippen LogP contribution in [0.15, 0.2) is 18.3 Å². The Bertz CT molecular complexity index is 511. The lowest BCUT2D eigenvalue weighted by molar-refractivity contribution is 0.0596. The van der Waals surface area contributed by atoms with Gasteiger partial charge in [-0.3, -0.25) is 9.78 Å². The van der Waals surface area contributed by atoms with E-state index >= 15 is 0 Å². The number of rotatable bonds is 2. The van der Waals surface area contributed by atoms with Gasteiger partial charge in [0.05, 0.1) is 12.7 Å². The van der Waals surface area contributed by atoms with Gasteiger partial charge in [0.25, 0.3) is 5.91 Å².